The summed E-state index contributed by atoms with van der Waals surface area (Å²) in [6.07, 6.45) is 2.57. The van der Waals surface area contributed by atoms with Crippen molar-refractivity contribution in [2.75, 3.05) is 11.1 Å². The maximum atomic E-state index is 5.73. The topological polar surface area (TPSA) is 63.8 Å². The van der Waals surface area contributed by atoms with E-state index in [-0.39, 0.29) is 0 Å². The van der Waals surface area contributed by atoms with Gasteiger partial charge in [-0.15, -0.1) is 11.3 Å². The highest BCUT2D eigenvalue weighted by Gasteiger charge is 2.04. The number of hydrogen-bond donors (Lipinski definition) is 2. The van der Waals surface area contributed by atoms with Gasteiger partial charge in [0.2, 0.25) is 0 Å². The molecule has 0 unspecified atom stereocenters. The van der Waals surface area contributed by atoms with Crippen LogP contribution in [0.15, 0.2) is 18.5 Å². The first kappa shape index (κ1) is 11.9. The van der Waals surface area contributed by atoms with Gasteiger partial charge in [-0.05, 0) is 25.5 Å². The molecule has 2 aromatic rings. The molecule has 90 valence electrons. The van der Waals surface area contributed by atoms with Gasteiger partial charge in [0, 0.05) is 15.3 Å². The van der Waals surface area contributed by atoms with E-state index in [4.69, 9.17) is 5.73 Å². The van der Waals surface area contributed by atoms with Crippen LogP contribution in [0, 0.1) is 6.92 Å². The summed E-state index contributed by atoms with van der Waals surface area (Å²) in [6.45, 7) is 4.86. The van der Waals surface area contributed by atoms with Crippen molar-refractivity contribution in [3.8, 4) is 0 Å². The van der Waals surface area contributed by atoms with Crippen molar-refractivity contribution >= 4 is 23.0 Å². The Balaban J connectivity index is 2.04. The first-order valence-corrected chi connectivity index (χ1v) is 6.41. The van der Waals surface area contributed by atoms with Crippen LogP contribution < -0.4 is 11.1 Å². The minimum Gasteiger partial charge on any atom is -0.383 e. The van der Waals surface area contributed by atoms with Crippen molar-refractivity contribution in [1.29, 1.82) is 0 Å². The molecule has 2 rings (SSSR count). The Kier molecular flexibility index (Phi) is 3.58. The number of nitrogens with two attached hydrogens (primary N) is 1. The molecule has 2 heterocycles. The third kappa shape index (κ3) is 2.74. The van der Waals surface area contributed by atoms with Crippen molar-refractivity contribution in [1.82, 2.24) is 9.97 Å². The molecule has 5 heteroatoms. The average Bonchev–Trinajstić information content (AvgIpc) is 2.79. The molecular weight excluding hydrogens is 232 g/mol. The Bertz CT molecular complexity index is 507. The Labute approximate surface area is 105 Å². The molecule has 0 aliphatic rings. The predicted octanol–water partition coefficient (Wildman–Crippen LogP) is 2.60. The number of hydrogen-bond acceptors (Lipinski definition) is 5. The number of thiophene rings is 1. The lowest BCUT2D eigenvalue weighted by molar-refractivity contribution is 1.08. The highest BCUT2D eigenvalue weighted by atomic mass is 32.1. The molecule has 0 aliphatic heterocycles. The van der Waals surface area contributed by atoms with Crippen molar-refractivity contribution in [3.63, 3.8) is 0 Å². The summed E-state index contributed by atoms with van der Waals surface area (Å²) in [4.78, 5) is 10.8. The molecule has 0 atom stereocenters. The van der Waals surface area contributed by atoms with Crippen LogP contribution in [-0.2, 0) is 13.0 Å². The molecule has 0 aromatic carbocycles. The summed E-state index contributed by atoms with van der Waals surface area (Å²) in [7, 11) is 0. The van der Waals surface area contributed by atoms with E-state index in [0.717, 1.165) is 24.3 Å². The number of anilines is 2. The van der Waals surface area contributed by atoms with Gasteiger partial charge in [0.25, 0.3) is 0 Å². The van der Waals surface area contributed by atoms with Crippen LogP contribution in [0.2, 0.25) is 0 Å². The molecule has 17 heavy (non-hydrogen) atoms. The van der Waals surface area contributed by atoms with E-state index in [2.05, 4.69) is 34.3 Å². The molecule has 0 spiro atoms. The lowest BCUT2D eigenvalue weighted by Gasteiger charge is -2.07. The van der Waals surface area contributed by atoms with Crippen molar-refractivity contribution in [2.45, 2.75) is 26.8 Å². The number of nitrogen functional groups attached to an aromatic ring is 1. The minimum atomic E-state index is 0.530. The second kappa shape index (κ2) is 5.14. The van der Waals surface area contributed by atoms with Crippen LogP contribution in [0.3, 0.4) is 0 Å². The van der Waals surface area contributed by atoms with Crippen LogP contribution in [0.25, 0.3) is 0 Å². The van der Waals surface area contributed by atoms with Gasteiger partial charge < -0.3 is 11.1 Å². The maximum Gasteiger partial charge on any atom is 0.134 e. The molecule has 2 aromatic heterocycles. The lowest BCUT2D eigenvalue weighted by Crippen LogP contribution is -2.05. The SMILES string of the molecule is CCc1ccc(CNc2ncnc(N)c2C)s1. The summed E-state index contributed by atoms with van der Waals surface area (Å²) in [5.41, 5.74) is 6.63. The third-order valence-corrected chi connectivity index (χ3v) is 3.85. The first-order valence-electron chi connectivity index (χ1n) is 5.59. The van der Waals surface area contributed by atoms with E-state index < -0.39 is 0 Å². The quantitative estimate of drug-likeness (QED) is 0.873. The molecule has 0 radical (unpaired) electrons. The zero-order valence-electron chi connectivity index (χ0n) is 10.0. The number of nitrogens with zero attached hydrogens (tertiary/aromatic N) is 2. The van der Waals surface area contributed by atoms with E-state index >= 15 is 0 Å². The maximum absolute atomic E-state index is 5.73. The molecule has 0 bridgehead atoms. The van der Waals surface area contributed by atoms with Crippen LogP contribution in [-0.4, -0.2) is 9.97 Å². The fourth-order valence-corrected chi connectivity index (χ4v) is 2.42. The summed E-state index contributed by atoms with van der Waals surface area (Å²) in [6, 6.07) is 4.32. The van der Waals surface area contributed by atoms with Crippen LogP contribution in [0.1, 0.15) is 22.2 Å². The Morgan fingerprint density at radius 2 is 2.06 bits per heavy atom. The molecule has 0 amide bonds. The van der Waals surface area contributed by atoms with Crippen LogP contribution in [0.5, 0.6) is 0 Å². The van der Waals surface area contributed by atoms with Crippen molar-refractivity contribution in [2.24, 2.45) is 0 Å². The summed E-state index contributed by atoms with van der Waals surface area (Å²) in [5, 5.41) is 3.29. The number of rotatable bonds is 4. The third-order valence-electron chi connectivity index (χ3n) is 2.62. The number of nitrogens with one attached hydrogen (secondary N) is 1. The van der Waals surface area contributed by atoms with Crippen LogP contribution in [0.4, 0.5) is 11.6 Å². The van der Waals surface area contributed by atoms with Gasteiger partial charge in [-0.2, -0.15) is 0 Å². The molecule has 0 saturated carbocycles. The lowest BCUT2D eigenvalue weighted by atomic mass is 10.3. The molecule has 0 fully saturated rings. The average molecular weight is 248 g/mol. The van der Waals surface area contributed by atoms with E-state index in [1.807, 2.05) is 18.3 Å². The Morgan fingerprint density at radius 1 is 1.29 bits per heavy atom. The molecule has 4 nitrogen and oxygen atoms in total. The largest absolute Gasteiger partial charge is 0.383 e. The van der Waals surface area contributed by atoms with Gasteiger partial charge in [0.15, 0.2) is 0 Å². The van der Waals surface area contributed by atoms with E-state index in [1.165, 1.54) is 16.1 Å². The first-order chi connectivity index (χ1) is 8.20. The zero-order valence-corrected chi connectivity index (χ0v) is 10.8. The fraction of sp³-hybridized carbons (Fsp3) is 0.333. The monoisotopic (exact) mass is 248 g/mol. The molecule has 3 N–H and O–H groups in total. The Morgan fingerprint density at radius 3 is 2.76 bits per heavy atom. The van der Waals surface area contributed by atoms with Gasteiger partial charge in [0.05, 0.1) is 6.54 Å². The van der Waals surface area contributed by atoms with Crippen molar-refractivity contribution in [3.05, 3.63) is 33.8 Å². The minimum absolute atomic E-state index is 0.530. The van der Waals surface area contributed by atoms with Gasteiger partial charge >= 0.3 is 0 Å². The summed E-state index contributed by atoms with van der Waals surface area (Å²) in [5.74, 6) is 1.34. The van der Waals surface area contributed by atoms with E-state index in [0.29, 0.717) is 5.82 Å². The number of aryl methyl sites for hydroxylation is 1. The highest BCUT2D eigenvalue weighted by molar-refractivity contribution is 7.12. The highest BCUT2D eigenvalue weighted by Crippen LogP contribution is 2.20. The summed E-state index contributed by atoms with van der Waals surface area (Å²) >= 11 is 1.83. The predicted molar refractivity (Wildman–Crippen MR) is 72.2 cm³/mol. The second-order valence-electron chi connectivity index (χ2n) is 3.81. The smallest absolute Gasteiger partial charge is 0.134 e. The van der Waals surface area contributed by atoms with Gasteiger partial charge in [-0.25, -0.2) is 9.97 Å². The Hall–Kier alpha value is -1.62. The molecule has 0 aliphatic carbocycles. The van der Waals surface area contributed by atoms with Gasteiger partial charge in [-0.3, -0.25) is 0 Å². The van der Waals surface area contributed by atoms with E-state index in [1.54, 1.807) is 0 Å². The molecule has 0 saturated heterocycles. The second-order valence-corrected chi connectivity index (χ2v) is 5.06. The normalized spacial score (nSPS) is 10.5. The fourth-order valence-electron chi connectivity index (χ4n) is 1.52. The zero-order chi connectivity index (χ0) is 12.3. The van der Waals surface area contributed by atoms with Crippen LogP contribution >= 0.6 is 11.3 Å². The van der Waals surface area contributed by atoms with Gasteiger partial charge in [0.1, 0.15) is 18.0 Å². The molecular formula is C12H16N4S. The number of aromatic nitrogens is 2. The summed E-state index contributed by atoms with van der Waals surface area (Å²) < 4.78 is 0. The van der Waals surface area contributed by atoms with E-state index in [9.17, 15) is 0 Å². The van der Waals surface area contributed by atoms with Gasteiger partial charge in [-0.1, -0.05) is 6.92 Å². The standard InChI is InChI=1S/C12H16N4S/c1-3-9-4-5-10(17-9)6-14-12-8(2)11(13)15-7-16-12/h4-5,7H,3,6H2,1-2H3,(H3,13,14,15,16). The van der Waals surface area contributed by atoms with Crippen molar-refractivity contribution < 1.29 is 0 Å².